The number of ketones is 1. The van der Waals surface area contributed by atoms with Crippen LogP contribution < -0.4 is 0 Å². The topological polar surface area (TPSA) is 17.1 Å². The maximum Gasteiger partial charge on any atom is 0.229 e. The fraction of sp³-hybridized carbons (Fsp3) is 0.353. The third kappa shape index (κ3) is 12.1. The molecule has 1 nitrogen and oxygen atoms in total. The fourth-order valence-corrected chi connectivity index (χ4v) is 1.23. The molecule has 0 heterocycles. The molecule has 1 heteroatoms. The van der Waals surface area contributed by atoms with Crippen molar-refractivity contribution in [1.82, 2.24) is 0 Å². The Kier molecular flexibility index (Phi) is 11.6. The van der Waals surface area contributed by atoms with Crippen LogP contribution in [-0.4, -0.2) is 5.78 Å². The maximum absolute atomic E-state index is 10.7. The second kappa shape index (κ2) is 13.1. The van der Waals surface area contributed by atoms with E-state index in [1.54, 1.807) is 0 Å². The summed E-state index contributed by atoms with van der Waals surface area (Å²) in [5.41, 5.74) is 0. The van der Waals surface area contributed by atoms with Gasteiger partial charge in [-0.1, -0.05) is 37.1 Å². The Balaban J connectivity index is 3.55. The predicted octanol–water partition coefficient (Wildman–Crippen LogP) is 3.83. The average Bonchev–Trinajstić information content (AvgIpc) is 2.39. The Morgan fingerprint density at radius 1 is 1.00 bits per heavy atom. The highest BCUT2D eigenvalue weighted by molar-refractivity contribution is 6.04. The van der Waals surface area contributed by atoms with Gasteiger partial charge in [-0.3, -0.25) is 4.79 Å². The zero-order valence-electron chi connectivity index (χ0n) is 10.9. The first-order chi connectivity index (χ1) is 8.81. The minimum atomic E-state index is -0.292. The molecule has 0 radical (unpaired) electrons. The van der Waals surface area contributed by atoms with Crippen molar-refractivity contribution in [3.63, 3.8) is 0 Å². The highest BCUT2D eigenvalue weighted by Crippen LogP contribution is 2.03. The maximum atomic E-state index is 10.7. The van der Waals surface area contributed by atoms with Crippen molar-refractivity contribution in [3.8, 4) is 23.7 Å². The largest absolute Gasteiger partial charge is 0.280 e. The summed E-state index contributed by atoms with van der Waals surface area (Å²) in [6.45, 7) is 7.01. The summed E-state index contributed by atoms with van der Waals surface area (Å²) < 4.78 is 0. The molecule has 0 spiro atoms. The summed E-state index contributed by atoms with van der Waals surface area (Å²) in [6.07, 6.45) is 13.9. The van der Waals surface area contributed by atoms with E-state index in [1.807, 2.05) is 12.2 Å². The van der Waals surface area contributed by atoms with Crippen LogP contribution in [0.2, 0.25) is 0 Å². The molecule has 0 N–H and O–H groups in total. The number of hydrogen-bond donors (Lipinski definition) is 0. The minimum Gasteiger partial charge on any atom is -0.280 e. The quantitative estimate of drug-likeness (QED) is 0.207. The summed E-state index contributed by atoms with van der Waals surface area (Å²) >= 11 is 0. The van der Waals surface area contributed by atoms with Gasteiger partial charge in [-0.25, -0.2) is 0 Å². The van der Waals surface area contributed by atoms with E-state index in [0.717, 1.165) is 12.8 Å². The molecule has 0 aromatic heterocycles. The monoisotopic (exact) mass is 240 g/mol. The van der Waals surface area contributed by atoms with E-state index in [0.29, 0.717) is 6.42 Å². The Bertz CT molecular complexity index is 404. The van der Waals surface area contributed by atoms with Crippen molar-refractivity contribution in [2.45, 2.75) is 38.5 Å². The first-order valence-corrected chi connectivity index (χ1v) is 6.22. The van der Waals surface area contributed by atoms with E-state index in [-0.39, 0.29) is 5.78 Å². The van der Waals surface area contributed by atoms with Gasteiger partial charge in [0.2, 0.25) is 5.78 Å². The van der Waals surface area contributed by atoms with Gasteiger partial charge in [0, 0.05) is 6.42 Å². The standard InChI is InChI=1S/C17H20O/c1-3-5-6-7-8-9-10-11-12-13-14-15-16-17(18)4-2/h3-4,10-11H,1-2,5-9,12H2/b11-10-. The predicted molar refractivity (Wildman–Crippen MR) is 77.8 cm³/mol. The molecule has 0 bridgehead atoms. The molecule has 0 aliphatic carbocycles. The van der Waals surface area contributed by atoms with Crippen LogP contribution >= 0.6 is 0 Å². The summed E-state index contributed by atoms with van der Waals surface area (Å²) in [4.78, 5) is 10.7. The van der Waals surface area contributed by atoms with Gasteiger partial charge < -0.3 is 0 Å². The summed E-state index contributed by atoms with van der Waals surface area (Å²) in [6, 6.07) is 0. The molecule has 0 amide bonds. The Labute approximate surface area is 111 Å². The third-order valence-corrected chi connectivity index (χ3v) is 2.19. The lowest BCUT2D eigenvalue weighted by Crippen LogP contribution is -1.81. The van der Waals surface area contributed by atoms with E-state index in [4.69, 9.17) is 0 Å². The van der Waals surface area contributed by atoms with Crippen LogP contribution in [-0.2, 0) is 4.79 Å². The van der Waals surface area contributed by atoms with Gasteiger partial charge in [-0.15, -0.1) is 6.58 Å². The zero-order valence-corrected chi connectivity index (χ0v) is 10.9. The number of hydrogen-bond acceptors (Lipinski definition) is 1. The van der Waals surface area contributed by atoms with Gasteiger partial charge in [0.05, 0.1) is 0 Å². The molecule has 0 saturated heterocycles. The summed E-state index contributed by atoms with van der Waals surface area (Å²) in [5, 5.41) is 0. The first kappa shape index (κ1) is 16.0. The highest BCUT2D eigenvalue weighted by Gasteiger charge is 1.84. The smallest absolute Gasteiger partial charge is 0.229 e. The molecule has 0 fully saturated rings. The molecule has 0 unspecified atom stereocenters. The van der Waals surface area contributed by atoms with Gasteiger partial charge >= 0.3 is 0 Å². The number of allylic oxidation sites excluding steroid dienone is 4. The number of rotatable bonds is 8. The zero-order chi connectivity index (χ0) is 13.5. The molecule has 0 rings (SSSR count). The Hall–Kier alpha value is -1.99. The van der Waals surface area contributed by atoms with Gasteiger partial charge in [-0.2, -0.15) is 0 Å². The van der Waals surface area contributed by atoms with E-state index in [2.05, 4.69) is 42.9 Å². The van der Waals surface area contributed by atoms with Crippen LogP contribution in [0, 0.1) is 23.7 Å². The highest BCUT2D eigenvalue weighted by atomic mass is 16.1. The number of carbonyl (C=O) groups excluding carboxylic acids is 1. The second-order valence-electron chi connectivity index (χ2n) is 3.72. The second-order valence-corrected chi connectivity index (χ2v) is 3.72. The van der Waals surface area contributed by atoms with Gasteiger partial charge in [0.1, 0.15) is 0 Å². The molecular weight excluding hydrogens is 220 g/mol. The van der Waals surface area contributed by atoms with Crippen LogP contribution in [0.1, 0.15) is 38.5 Å². The van der Waals surface area contributed by atoms with E-state index >= 15 is 0 Å². The molecule has 0 atom stereocenters. The molecule has 18 heavy (non-hydrogen) atoms. The molecular formula is C17H20O. The van der Waals surface area contributed by atoms with Crippen molar-refractivity contribution < 1.29 is 4.79 Å². The Morgan fingerprint density at radius 3 is 2.50 bits per heavy atom. The molecule has 0 aliphatic rings. The third-order valence-electron chi connectivity index (χ3n) is 2.19. The lowest BCUT2D eigenvalue weighted by atomic mass is 10.1. The molecule has 0 aromatic rings. The van der Waals surface area contributed by atoms with Crippen LogP contribution in [0.25, 0.3) is 0 Å². The average molecular weight is 240 g/mol. The van der Waals surface area contributed by atoms with Crippen molar-refractivity contribution in [1.29, 1.82) is 0 Å². The van der Waals surface area contributed by atoms with E-state index in [1.165, 1.54) is 25.3 Å². The lowest BCUT2D eigenvalue weighted by Gasteiger charge is -1.93. The molecule has 0 aromatic carbocycles. The van der Waals surface area contributed by atoms with Crippen LogP contribution in [0.15, 0.2) is 37.5 Å². The molecule has 0 saturated carbocycles. The molecule has 0 aliphatic heterocycles. The van der Waals surface area contributed by atoms with Crippen molar-refractivity contribution in [2.75, 3.05) is 0 Å². The fourth-order valence-electron chi connectivity index (χ4n) is 1.23. The van der Waals surface area contributed by atoms with Crippen LogP contribution in [0.3, 0.4) is 0 Å². The SMILES string of the molecule is C=CCCCCC/C=C\CC#CC#CC(=O)C=C. The van der Waals surface area contributed by atoms with Crippen molar-refractivity contribution in [2.24, 2.45) is 0 Å². The summed E-state index contributed by atoms with van der Waals surface area (Å²) in [7, 11) is 0. The van der Waals surface area contributed by atoms with Gasteiger partial charge in [0.25, 0.3) is 0 Å². The lowest BCUT2D eigenvalue weighted by molar-refractivity contribution is -0.109. The normalized spacial score (nSPS) is 8.89. The van der Waals surface area contributed by atoms with Crippen molar-refractivity contribution in [3.05, 3.63) is 37.5 Å². The van der Waals surface area contributed by atoms with Gasteiger partial charge in [-0.05, 0) is 49.5 Å². The minimum absolute atomic E-state index is 0.292. The number of unbranched alkanes of at least 4 members (excludes halogenated alkanes) is 4. The van der Waals surface area contributed by atoms with Crippen molar-refractivity contribution >= 4 is 5.78 Å². The summed E-state index contributed by atoms with van der Waals surface area (Å²) in [5.74, 6) is 10.0. The molecule has 94 valence electrons. The van der Waals surface area contributed by atoms with Crippen LogP contribution in [0.4, 0.5) is 0 Å². The van der Waals surface area contributed by atoms with Gasteiger partial charge in [0.15, 0.2) is 0 Å². The Morgan fingerprint density at radius 2 is 1.78 bits per heavy atom. The number of carbonyl (C=O) groups is 1. The van der Waals surface area contributed by atoms with Crippen LogP contribution in [0.5, 0.6) is 0 Å². The first-order valence-electron chi connectivity index (χ1n) is 6.22. The van der Waals surface area contributed by atoms with E-state index < -0.39 is 0 Å². The van der Waals surface area contributed by atoms with E-state index in [9.17, 15) is 4.79 Å².